The van der Waals surface area contributed by atoms with Gasteiger partial charge in [0.25, 0.3) is 5.91 Å². The van der Waals surface area contributed by atoms with Crippen LogP contribution in [0, 0.1) is 0 Å². The number of carbonyl (C=O) groups is 1. The number of nitrogens with two attached hydrogens (primary N) is 1. The van der Waals surface area contributed by atoms with Gasteiger partial charge in [0.05, 0.1) is 4.90 Å². The van der Waals surface area contributed by atoms with E-state index in [1.165, 1.54) is 18.2 Å². The van der Waals surface area contributed by atoms with Gasteiger partial charge in [0.2, 0.25) is 0 Å². The molecule has 1 amide bonds. The lowest BCUT2D eigenvalue weighted by molar-refractivity contribution is 0.0616. The van der Waals surface area contributed by atoms with Crippen molar-refractivity contribution in [2.75, 3.05) is 18.5 Å². The molecular weight excluding hydrogens is 288 g/mol. The molecule has 21 heavy (non-hydrogen) atoms. The fourth-order valence-electron chi connectivity index (χ4n) is 1.91. The summed E-state index contributed by atoms with van der Waals surface area (Å²) < 4.78 is 23.3. The van der Waals surface area contributed by atoms with Crippen molar-refractivity contribution >= 4 is 21.4 Å². The van der Waals surface area contributed by atoms with Gasteiger partial charge in [-0.15, -0.1) is 6.58 Å². The molecule has 0 atom stereocenters. The Morgan fingerprint density at radius 3 is 2.33 bits per heavy atom. The molecular formula is C15H22N2O3S. The van der Waals surface area contributed by atoms with Crippen molar-refractivity contribution in [2.24, 2.45) is 0 Å². The molecule has 1 rings (SSSR count). The van der Waals surface area contributed by atoms with E-state index in [0.29, 0.717) is 6.54 Å². The summed E-state index contributed by atoms with van der Waals surface area (Å²) in [7, 11) is -3.43. The van der Waals surface area contributed by atoms with Gasteiger partial charge in [-0.05, 0) is 39.0 Å². The number of hydrogen-bond acceptors (Lipinski definition) is 4. The predicted octanol–water partition coefficient (Wildman–Crippen LogP) is 2.10. The average molecular weight is 310 g/mol. The third kappa shape index (κ3) is 4.32. The van der Waals surface area contributed by atoms with Gasteiger partial charge in [-0.1, -0.05) is 6.08 Å². The van der Waals surface area contributed by atoms with E-state index >= 15 is 0 Å². The summed E-state index contributed by atoms with van der Waals surface area (Å²) in [5.41, 5.74) is 5.81. The van der Waals surface area contributed by atoms with Gasteiger partial charge in [0.1, 0.15) is 0 Å². The van der Waals surface area contributed by atoms with Crippen molar-refractivity contribution in [1.82, 2.24) is 4.90 Å². The largest absolute Gasteiger partial charge is 0.399 e. The summed E-state index contributed by atoms with van der Waals surface area (Å²) >= 11 is 0. The van der Waals surface area contributed by atoms with E-state index in [-0.39, 0.29) is 22.1 Å². The Morgan fingerprint density at radius 2 is 1.90 bits per heavy atom. The smallest absolute Gasteiger partial charge is 0.254 e. The van der Waals surface area contributed by atoms with Crippen LogP contribution in [0.4, 0.5) is 5.69 Å². The van der Waals surface area contributed by atoms with Crippen LogP contribution in [0.15, 0.2) is 35.7 Å². The van der Waals surface area contributed by atoms with Crippen molar-refractivity contribution in [3.05, 3.63) is 36.4 Å². The normalized spacial score (nSPS) is 12.0. The number of carbonyl (C=O) groups excluding carboxylic acids is 1. The Kier molecular flexibility index (Phi) is 4.83. The highest BCUT2D eigenvalue weighted by atomic mass is 32.2. The highest BCUT2D eigenvalue weighted by Gasteiger charge is 2.27. The maximum atomic E-state index is 12.6. The Morgan fingerprint density at radius 1 is 1.33 bits per heavy atom. The summed E-state index contributed by atoms with van der Waals surface area (Å²) in [6.45, 7) is 9.72. The molecule has 0 saturated carbocycles. The van der Waals surface area contributed by atoms with E-state index in [9.17, 15) is 13.2 Å². The molecule has 0 aliphatic heterocycles. The van der Waals surface area contributed by atoms with Gasteiger partial charge in [0, 0.05) is 29.6 Å². The first-order valence-corrected chi connectivity index (χ1v) is 8.39. The van der Waals surface area contributed by atoms with Crippen molar-refractivity contribution in [3.8, 4) is 0 Å². The SMILES string of the molecule is C=CCN(C(=O)c1cc(N)cc(S(C)(=O)=O)c1)C(C)(C)C. The van der Waals surface area contributed by atoms with E-state index in [1.807, 2.05) is 20.8 Å². The number of amides is 1. The molecule has 0 saturated heterocycles. The maximum absolute atomic E-state index is 12.6. The van der Waals surface area contributed by atoms with Gasteiger partial charge in [0.15, 0.2) is 9.84 Å². The van der Waals surface area contributed by atoms with Crippen LogP contribution in [-0.2, 0) is 9.84 Å². The van der Waals surface area contributed by atoms with Crippen LogP contribution >= 0.6 is 0 Å². The van der Waals surface area contributed by atoms with Crippen LogP contribution in [0.5, 0.6) is 0 Å². The highest BCUT2D eigenvalue weighted by molar-refractivity contribution is 7.90. The minimum Gasteiger partial charge on any atom is -0.399 e. The first-order chi connectivity index (χ1) is 9.46. The summed E-state index contributed by atoms with van der Waals surface area (Å²) in [5, 5.41) is 0. The molecule has 0 aromatic heterocycles. The van der Waals surface area contributed by atoms with Gasteiger partial charge < -0.3 is 10.6 Å². The average Bonchev–Trinajstić information content (AvgIpc) is 2.32. The van der Waals surface area contributed by atoms with E-state index in [2.05, 4.69) is 6.58 Å². The molecule has 0 heterocycles. The molecule has 0 bridgehead atoms. The minimum absolute atomic E-state index is 0.0401. The van der Waals surface area contributed by atoms with E-state index < -0.39 is 15.4 Å². The lowest BCUT2D eigenvalue weighted by Crippen LogP contribution is -2.45. The fraction of sp³-hybridized carbons (Fsp3) is 0.400. The third-order valence-corrected chi connectivity index (χ3v) is 4.06. The van der Waals surface area contributed by atoms with Crippen molar-refractivity contribution in [3.63, 3.8) is 0 Å². The second kappa shape index (κ2) is 5.89. The summed E-state index contributed by atoms with van der Waals surface area (Å²) in [6, 6.07) is 4.19. The van der Waals surface area contributed by atoms with E-state index in [0.717, 1.165) is 6.26 Å². The van der Waals surface area contributed by atoms with Gasteiger partial charge >= 0.3 is 0 Å². The zero-order valence-electron chi connectivity index (χ0n) is 12.9. The van der Waals surface area contributed by atoms with Crippen LogP contribution in [0.2, 0.25) is 0 Å². The van der Waals surface area contributed by atoms with Gasteiger partial charge in [-0.2, -0.15) is 0 Å². The molecule has 0 unspecified atom stereocenters. The quantitative estimate of drug-likeness (QED) is 0.682. The lowest BCUT2D eigenvalue weighted by Gasteiger charge is -2.35. The van der Waals surface area contributed by atoms with Crippen LogP contribution in [0.3, 0.4) is 0 Å². The third-order valence-electron chi connectivity index (χ3n) is 2.97. The number of nitrogen functional groups attached to an aromatic ring is 1. The van der Waals surface area contributed by atoms with E-state index in [4.69, 9.17) is 5.73 Å². The van der Waals surface area contributed by atoms with Crippen molar-refractivity contribution in [2.45, 2.75) is 31.2 Å². The Balaban J connectivity index is 3.35. The minimum atomic E-state index is -3.43. The van der Waals surface area contributed by atoms with Crippen LogP contribution in [0.1, 0.15) is 31.1 Å². The summed E-state index contributed by atoms with van der Waals surface area (Å²) in [6.07, 6.45) is 2.72. The van der Waals surface area contributed by atoms with Crippen molar-refractivity contribution < 1.29 is 13.2 Å². The lowest BCUT2D eigenvalue weighted by atomic mass is 10.0. The number of hydrogen-bond donors (Lipinski definition) is 1. The Hall–Kier alpha value is -1.82. The molecule has 116 valence electrons. The monoisotopic (exact) mass is 310 g/mol. The van der Waals surface area contributed by atoms with Crippen LogP contribution in [-0.4, -0.2) is 37.6 Å². The second-order valence-corrected chi connectivity index (χ2v) is 7.95. The van der Waals surface area contributed by atoms with Crippen molar-refractivity contribution in [1.29, 1.82) is 0 Å². The molecule has 0 aliphatic carbocycles. The molecule has 0 fully saturated rings. The van der Waals surface area contributed by atoms with Gasteiger partial charge in [-0.3, -0.25) is 4.79 Å². The first-order valence-electron chi connectivity index (χ1n) is 6.50. The molecule has 0 radical (unpaired) electrons. The van der Waals surface area contributed by atoms with Crippen LogP contribution in [0.25, 0.3) is 0 Å². The molecule has 0 aliphatic rings. The second-order valence-electron chi connectivity index (χ2n) is 5.94. The number of rotatable bonds is 4. The summed E-state index contributed by atoms with van der Waals surface area (Å²) in [5.74, 6) is -0.278. The number of anilines is 1. The number of sulfone groups is 1. The fourth-order valence-corrected chi connectivity index (χ4v) is 2.60. The molecule has 1 aromatic carbocycles. The highest BCUT2D eigenvalue weighted by Crippen LogP contribution is 2.22. The Bertz CT molecular complexity index is 658. The molecule has 2 N–H and O–H groups in total. The first kappa shape index (κ1) is 17.2. The summed E-state index contributed by atoms with van der Waals surface area (Å²) in [4.78, 5) is 14.3. The predicted molar refractivity (Wildman–Crippen MR) is 85.0 cm³/mol. The Labute approximate surface area is 126 Å². The van der Waals surface area contributed by atoms with Crippen LogP contribution < -0.4 is 5.73 Å². The number of nitrogens with zero attached hydrogens (tertiary/aromatic N) is 1. The number of benzene rings is 1. The maximum Gasteiger partial charge on any atom is 0.254 e. The standard InChI is InChI=1S/C15H22N2O3S/c1-6-7-17(15(2,3)4)14(18)11-8-12(16)10-13(9-11)21(5,19)20/h6,8-10H,1,7,16H2,2-5H3. The zero-order chi connectivity index (χ0) is 16.4. The zero-order valence-corrected chi connectivity index (χ0v) is 13.7. The topological polar surface area (TPSA) is 80.5 Å². The molecule has 1 aromatic rings. The molecule has 0 spiro atoms. The van der Waals surface area contributed by atoms with E-state index in [1.54, 1.807) is 11.0 Å². The molecule has 5 nitrogen and oxygen atoms in total. The van der Waals surface area contributed by atoms with Gasteiger partial charge in [-0.25, -0.2) is 8.42 Å². The molecule has 6 heteroatoms.